The lowest BCUT2D eigenvalue weighted by molar-refractivity contribution is 0.598. The summed E-state index contributed by atoms with van der Waals surface area (Å²) < 4.78 is 27.1. The van der Waals surface area contributed by atoms with Gasteiger partial charge in [0.1, 0.15) is 4.90 Å². The molecule has 0 saturated heterocycles. The van der Waals surface area contributed by atoms with Crippen molar-refractivity contribution in [2.24, 2.45) is 4.40 Å². The maximum absolute atomic E-state index is 11.8. The molecule has 0 aliphatic rings. The first-order valence-electron chi connectivity index (χ1n) is 4.94. The summed E-state index contributed by atoms with van der Waals surface area (Å²) in [5.41, 5.74) is 0.736. The van der Waals surface area contributed by atoms with Crippen LogP contribution in [-0.2, 0) is 10.0 Å². The van der Waals surface area contributed by atoms with Gasteiger partial charge in [0, 0.05) is 18.6 Å². The molecule has 0 atom stereocenters. The Bertz CT molecular complexity index is 607. The highest BCUT2D eigenvalue weighted by molar-refractivity contribution is 7.90. The van der Waals surface area contributed by atoms with Gasteiger partial charge in [0.15, 0.2) is 0 Å². The van der Waals surface area contributed by atoms with E-state index in [2.05, 4.69) is 9.38 Å². The van der Waals surface area contributed by atoms with Crippen molar-refractivity contribution < 1.29 is 8.42 Å². The van der Waals surface area contributed by atoms with Crippen LogP contribution in [0.15, 0.2) is 64.2 Å². The predicted octanol–water partition coefficient (Wildman–Crippen LogP) is 1.89. The molecule has 0 bridgehead atoms. The van der Waals surface area contributed by atoms with Crippen molar-refractivity contribution in [3.63, 3.8) is 0 Å². The van der Waals surface area contributed by atoms with Gasteiger partial charge < -0.3 is 0 Å². The van der Waals surface area contributed by atoms with E-state index in [0.29, 0.717) is 0 Å². The monoisotopic (exact) mass is 246 g/mol. The molecule has 17 heavy (non-hydrogen) atoms. The minimum absolute atomic E-state index is 0.0900. The van der Waals surface area contributed by atoms with Crippen LogP contribution in [0.4, 0.5) is 0 Å². The third kappa shape index (κ3) is 2.98. The van der Waals surface area contributed by atoms with Crippen molar-refractivity contribution in [3.05, 3.63) is 60.4 Å². The standard InChI is InChI=1S/C12H10N2O2S/c15-17(16,12-7-4-8-13-10-12)14-9-11-5-2-1-3-6-11/h1-10H/b14-9+. The molecule has 2 aromatic rings. The van der Waals surface area contributed by atoms with E-state index in [1.807, 2.05) is 18.2 Å². The quantitative estimate of drug-likeness (QED) is 0.777. The van der Waals surface area contributed by atoms with Gasteiger partial charge in [-0.3, -0.25) is 4.98 Å². The number of sulfonamides is 1. The Labute approximate surface area is 99.7 Å². The number of rotatable bonds is 3. The number of aromatic nitrogens is 1. The van der Waals surface area contributed by atoms with E-state index in [1.54, 1.807) is 18.2 Å². The molecular weight excluding hydrogens is 236 g/mol. The second-order valence-corrected chi connectivity index (χ2v) is 4.94. The normalized spacial score (nSPS) is 11.8. The molecule has 86 valence electrons. The van der Waals surface area contributed by atoms with Crippen molar-refractivity contribution in [2.75, 3.05) is 0 Å². The summed E-state index contributed by atoms with van der Waals surface area (Å²) in [7, 11) is -3.65. The highest BCUT2D eigenvalue weighted by Crippen LogP contribution is 2.09. The summed E-state index contributed by atoms with van der Waals surface area (Å²) >= 11 is 0. The summed E-state index contributed by atoms with van der Waals surface area (Å²) in [6.07, 6.45) is 4.11. The Balaban J connectivity index is 2.28. The van der Waals surface area contributed by atoms with Crippen LogP contribution in [0.2, 0.25) is 0 Å². The van der Waals surface area contributed by atoms with Gasteiger partial charge in [-0.2, -0.15) is 12.8 Å². The van der Waals surface area contributed by atoms with Gasteiger partial charge in [-0.1, -0.05) is 30.3 Å². The summed E-state index contributed by atoms with van der Waals surface area (Å²) in [6, 6.07) is 12.1. The van der Waals surface area contributed by atoms with Crippen LogP contribution in [0.5, 0.6) is 0 Å². The smallest absolute Gasteiger partial charge is 0.263 e. The van der Waals surface area contributed by atoms with Crippen molar-refractivity contribution in [1.82, 2.24) is 4.98 Å². The molecule has 0 radical (unpaired) electrons. The maximum Gasteiger partial charge on any atom is 0.283 e. The summed E-state index contributed by atoms with van der Waals surface area (Å²) in [5, 5.41) is 0. The molecule has 5 heteroatoms. The summed E-state index contributed by atoms with van der Waals surface area (Å²) in [5.74, 6) is 0. The lowest BCUT2D eigenvalue weighted by Crippen LogP contribution is -1.98. The van der Waals surface area contributed by atoms with E-state index in [9.17, 15) is 8.42 Å². The fourth-order valence-electron chi connectivity index (χ4n) is 1.23. The van der Waals surface area contributed by atoms with E-state index in [0.717, 1.165) is 5.56 Å². The van der Waals surface area contributed by atoms with Crippen LogP contribution < -0.4 is 0 Å². The minimum atomic E-state index is -3.65. The molecule has 0 saturated carbocycles. The Hall–Kier alpha value is -2.01. The lowest BCUT2D eigenvalue weighted by atomic mass is 10.2. The molecular formula is C12H10N2O2S. The molecule has 4 nitrogen and oxygen atoms in total. The Morgan fingerprint density at radius 1 is 1.06 bits per heavy atom. The fraction of sp³-hybridized carbons (Fsp3) is 0. The molecule has 0 unspecified atom stereocenters. The molecule has 1 heterocycles. The summed E-state index contributed by atoms with van der Waals surface area (Å²) in [4.78, 5) is 3.84. The maximum atomic E-state index is 11.8. The van der Waals surface area contributed by atoms with Gasteiger partial charge in [0.2, 0.25) is 0 Å². The van der Waals surface area contributed by atoms with E-state index in [-0.39, 0.29) is 4.90 Å². The van der Waals surface area contributed by atoms with Gasteiger partial charge >= 0.3 is 0 Å². The van der Waals surface area contributed by atoms with Crippen molar-refractivity contribution in [3.8, 4) is 0 Å². The third-order valence-corrected chi connectivity index (χ3v) is 3.29. The van der Waals surface area contributed by atoms with E-state index in [4.69, 9.17) is 0 Å². The van der Waals surface area contributed by atoms with Gasteiger partial charge in [-0.15, -0.1) is 0 Å². The number of nitrogens with zero attached hydrogens (tertiary/aromatic N) is 2. The van der Waals surface area contributed by atoms with E-state index in [1.165, 1.54) is 24.7 Å². The highest BCUT2D eigenvalue weighted by Gasteiger charge is 2.10. The molecule has 0 spiro atoms. The second kappa shape index (κ2) is 4.88. The zero-order chi connectivity index (χ0) is 12.1. The zero-order valence-corrected chi connectivity index (χ0v) is 9.71. The van der Waals surface area contributed by atoms with Gasteiger partial charge in [-0.05, 0) is 17.7 Å². The molecule has 0 fully saturated rings. The molecule has 1 aromatic heterocycles. The first-order valence-corrected chi connectivity index (χ1v) is 6.38. The average molecular weight is 246 g/mol. The molecule has 2 rings (SSSR count). The first kappa shape index (κ1) is 11.5. The Morgan fingerprint density at radius 2 is 1.82 bits per heavy atom. The number of pyridine rings is 1. The van der Waals surface area contributed by atoms with Crippen LogP contribution in [-0.4, -0.2) is 19.6 Å². The van der Waals surface area contributed by atoms with Gasteiger partial charge in [-0.25, -0.2) is 0 Å². The Morgan fingerprint density at radius 3 is 2.47 bits per heavy atom. The second-order valence-electron chi connectivity index (χ2n) is 3.31. The molecule has 0 N–H and O–H groups in total. The molecule has 0 aliphatic carbocycles. The van der Waals surface area contributed by atoms with E-state index >= 15 is 0 Å². The van der Waals surface area contributed by atoms with Crippen LogP contribution in [0.1, 0.15) is 5.56 Å². The van der Waals surface area contributed by atoms with Crippen LogP contribution in [0, 0.1) is 0 Å². The zero-order valence-electron chi connectivity index (χ0n) is 8.89. The number of hydrogen-bond acceptors (Lipinski definition) is 3. The average Bonchev–Trinajstić information content (AvgIpc) is 2.39. The third-order valence-electron chi connectivity index (χ3n) is 2.07. The molecule has 0 aliphatic heterocycles. The Kier molecular flexibility index (Phi) is 3.30. The minimum Gasteiger partial charge on any atom is -0.263 e. The topological polar surface area (TPSA) is 59.4 Å². The van der Waals surface area contributed by atoms with Crippen LogP contribution in [0.3, 0.4) is 0 Å². The van der Waals surface area contributed by atoms with E-state index < -0.39 is 10.0 Å². The summed E-state index contributed by atoms with van der Waals surface area (Å²) in [6.45, 7) is 0. The molecule has 1 aromatic carbocycles. The van der Waals surface area contributed by atoms with Crippen LogP contribution in [0.25, 0.3) is 0 Å². The largest absolute Gasteiger partial charge is 0.283 e. The fourth-order valence-corrected chi connectivity index (χ4v) is 2.06. The van der Waals surface area contributed by atoms with Crippen LogP contribution >= 0.6 is 0 Å². The lowest BCUT2D eigenvalue weighted by Gasteiger charge is -1.96. The number of hydrogen-bond donors (Lipinski definition) is 0. The predicted molar refractivity (Wildman–Crippen MR) is 65.5 cm³/mol. The SMILES string of the molecule is O=S(=O)(/N=C/c1ccccc1)c1cccnc1. The van der Waals surface area contributed by atoms with Crippen molar-refractivity contribution >= 4 is 16.2 Å². The van der Waals surface area contributed by atoms with Gasteiger partial charge in [0.05, 0.1) is 0 Å². The van der Waals surface area contributed by atoms with Crippen molar-refractivity contribution in [1.29, 1.82) is 0 Å². The van der Waals surface area contributed by atoms with Gasteiger partial charge in [0.25, 0.3) is 10.0 Å². The molecule has 0 amide bonds. The first-order chi connectivity index (χ1) is 8.18. The number of benzene rings is 1. The van der Waals surface area contributed by atoms with Crippen molar-refractivity contribution in [2.45, 2.75) is 4.90 Å². The highest BCUT2D eigenvalue weighted by atomic mass is 32.2.